The number of benzene rings is 1. The minimum absolute atomic E-state index is 0.0510. The summed E-state index contributed by atoms with van der Waals surface area (Å²) >= 11 is 0. The zero-order chi connectivity index (χ0) is 18.2. The van der Waals surface area contributed by atoms with E-state index in [1.165, 1.54) is 0 Å². The Morgan fingerprint density at radius 1 is 0.875 bits per heavy atom. The molecule has 1 heterocycles. The Morgan fingerprint density at radius 2 is 1.42 bits per heavy atom. The summed E-state index contributed by atoms with van der Waals surface area (Å²) in [5.74, 6) is 0.691. The van der Waals surface area contributed by atoms with Crippen LogP contribution in [-0.4, -0.2) is 22.3 Å². The van der Waals surface area contributed by atoms with Gasteiger partial charge in [0.05, 0.1) is 5.41 Å². The highest BCUT2D eigenvalue weighted by Crippen LogP contribution is 2.54. The van der Waals surface area contributed by atoms with Crippen LogP contribution in [0.25, 0.3) is 0 Å². The number of hydrogen-bond donors (Lipinski definition) is 1. The minimum atomic E-state index is -1.22. The molecule has 0 bridgehead atoms. The number of ether oxygens (including phenoxy) is 1. The molecule has 0 amide bonds. The van der Waals surface area contributed by atoms with Crippen LogP contribution in [0.15, 0.2) is 11.1 Å². The van der Waals surface area contributed by atoms with Gasteiger partial charge in [-0.2, -0.15) is 0 Å². The zero-order valence-corrected chi connectivity index (χ0v) is 15.4. The molecule has 0 saturated heterocycles. The van der Waals surface area contributed by atoms with Gasteiger partial charge in [-0.15, -0.1) is 0 Å². The average Bonchev–Trinajstić information content (AvgIpc) is 2.56. The van der Waals surface area contributed by atoms with E-state index < -0.39 is 11.0 Å². The second-order valence-corrected chi connectivity index (χ2v) is 7.58. The quantitative estimate of drug-likeness (QED) is 0.791. The predicted octanol–water partition coefficient (Wildman–Crippen LogP) is 3.51. The summed E-state index contributed by atoms with van der Waals surface area (Å²) in [7, 11) is 0. The van der Waals surface area contributed by atoms with Gasteiger partial charge in [0.25, 0.3) is 0 Å². The standard InChI is InChI=1S/C20H24O4/c1-9-10(2)16-14(13(5)15(9)21)8-19(6)17(22)11(3)12(4)18(23)20(19,7)24-16/h21H,8H2,1-7H3. The summed E-state index contributed by atoms with van der Waals surface area (Å²) in [6.45, 7) is 12.5. The molecule has 2 unspecified atom stereocenters. The number of phenolic OH excluding ortho intramolecular Hbond substituents is 1. The van der Waals surface area contributed by atoms with E-state index in [0.717, 1.165) is 22.3 Å². The van der Waals surface area contributed by atoms with Gasteiger partial charge in [0.15, 0.2) is 11.4 Å². The molecular formula is C20H24O4. The maximum absolute atomic E-state index is 13.0. The van der Waals surface area contributed by atoms with Gasteiger partial charge >= 0.3 is 0 Å². The van der Waals surface area contributed by atoms with Crippen LogP contribution in [0.4, 0.5) is 0 Å². The van der Waals surface area contributed by atoms with Crippen LogP contribution in [0.1, 0.15) is 49.9 Å². The Balaban J connectivity index is 2.34. The maximum atomic E-state index is 13.0. The number of hydrogen-bond acceptors (Lipinski definition) is 4. The first-order valence-corrected chi connectivity index (χ1v) is 8.25. The van der Waals surface area contributed by atoms with Crippen molar-refractivity contribution in [2.24, 2.45) is 5.41 Å². The number of ketones is 2. The third-order valence-electron chi connectivity index (χ3n) is 6.41. The molecule has 2 aliphatic rings. The van der Waals surface area contributed by atoms with Gasteiger partial charge in [-0.1, -0.05) is 0 Å². The number of rotatable bonds is 0. The second kappa shape index (κ2) is 4.71. The fourth-order valence-electron chi connectivity index (χ4n) is 4.06. The fourth-order valence-corrected chi connectivity index (χ4v) is 4.06. The number of fused-ring (bicyclic) bond motifs is 2. The number of allylic oxidation sites excluding steroid dienone is 1. The topological polar surface area (TPSA) is 63.6 Å². The number of carbonyl (C=O) groups excluding carboxylic acids is 2. The SMILES string of the molecule is CC1=C(C)C(=O)C2(C)Oc3c(C)c(C)c(O)c(C)c3CC2(C)C1=O. The molecule has 1 aliphatic carbocycles. The van der Waals surface area contributed by atoms with E-state index >= 15 is 0 Å². The summed E-state index contributed by atoms with van der Waals surface area (Å²) in [4.78, 5) is 26.1. The summed E-state index contributed by atoms with van der Waals surface area (Å²) in [6, 6.07) is 0. The summed E-state index contributed by atoms with van der Waals surface area (Å²) in [5, 5.41) is 10.4. The van der Waals surface area contributed by atoms with Crippen molar-refractivity contribution >= 4 is 11.6 Å². The molecule has 2 atom stereocenters. The molecule has 128 valence electrons. The van der Waals surface area contributed by atoms with Crippen LogP contribution in [-0.2, 0) is 16.0 Å². The first-order chi connectivity index (χ1) is 11.0. The Hall–Kier alpha value is -2.10. The molecule has 1 aliphatic heterocycles. The van der Waals surface area contributed by atoms with Crippen molar-refractivity contribution in [3.63, 3.8) is 0 Å². The predicted molar refractivity (Wildman–Crippen MR) is 91.5 cm³/mol. The van der Waals surface area contributed by atoms with Gasteiger partial charge < -0.3 is 9.84 Å². The van der Waals surface area contributed by atoms with E-state index in [4.69, 9.17) is 4.74 Å². The number of Topliss-reactive ketones (excluding diaryl/α,β-unsaturated/α-hetero) is 2. The van der Waals surface area contributed by atoms with Gasteiger partial charge in [0.2, 0.25) is 5.78 Å². The van der Waals surface area contributed by atoms with Gasteiger partial charge in [0.1, 0.15) is 11.5 Å². The van der Waals surface area contributed by atoms with Crippen molar-refractivity contribution in [2.75, 3.05) is 0 Å². The summed E-state index contributed by atoms with van der Waals surface area (Å²) < 4.78 is 6.26. The van der Waals surface area contributed by atoms with Gasteiger partial charge in [-0.3, -0.25) is 9.59 Å². The highest BCUT2D eigenvalue weighted by atomic mass is 16.5. The minimum Gasteiger partial charge on any atom is -0.507 e. The van der Waals surface area contributed by atoms with E-state index in [1.54, 1.807) is 27.7 Å². The molecule has 0 aromatic heterocycles. The lowest BCUT2D eigenvalue weighted by Crippen LogP contribution is -2.64. The van der Waals surface area contributed by atoms with Crippen molar-refractivity contribution in [2.45, 2.75) is 60.5 Å². The fraction of sp³-hybridized carbons (Fsp3) is 0.500. The van der Waals surface area contributed by atoms with E-state index in [0.29, 0.717) is 23.3 Å². The highest BCUT2D eigenvalue weighted by Gasteiger charge is 2.62. The molecule has 0 saturated carbocycles. The van der Waals surface area contributed by atoms with Crippen molar-refractivity contribution in [3.8, 4) is 11.5 Å². The van der Waals surface area contributed by atoms with Crippen LogP contribution in [0.3, 0.4) is 0 Å². The largest absolute Gasteiger partial charge is 0.507 e. The average molecular weight is 328 g/mol. The molecule has 1 N–H and O–H groups in total. The van der Waals surface area contributed by atoms with Gasteiger partial charge in [-0.05, 0) is 77.2 Å². The monoisotopic (exact) mass is 328 g/mol. The Kier molecular flexibility index (Phi) is 3.29. The Morgan fingerprint density at radius 3 is 2.00 bits per heavy atom. The third kappa shape index (κ3) is 1.69. The number of aromatic hydroxyl groups is 1. The number of carbonyl (C=O) groups is 2. The third-order valence-corrected chi connectivity index (χ3v) is 6.41. The van der Waals surface area contributed by atoms with Gasteiger partial charge in [-0.25, -0.2) is 0 Å². The molecule has 3 rings (SSSR count). The molecule has 1 aromatic carbocycles. The smallest absolute Gasteiger partial charge is 0.203 e. The summed E-state index contributed by atoms with van der Waals surface area (Å²) in [6.07, 6.45) is 0.383. The van der Waals surface area contributed by atoms with E-state index in [-0.39, 0.29) is 17.3 Å². The van der Waals surface area contributed by atoms with Crippen LogP contribution in [0.2, 0.25) is 0 Å². The molecular weight excluding hydrogens is 304 g/mol. The summed E-state index contributed by atoms with van der Waals surface area (Å²) in [5.41, 5.74) is 1.91. The first kappa shape index (κ1) is 16.7. The van der Waals surface area contributed by atoms with E-state index in [2.05, 4.69) is 0 Å². The first-order valence-electron chi connectivity index (χ1n) is 8.25. The van der Waals surface area contributed by atoms with E-state index in [1.807, 2.05) is 20.8 Å². The van der Waals surface area contributed by atoms with Crippen LogP contribution >= 0.6 is 0 Å². The molecule has 0 spiro atoms. The normalized spacial score (nSPS) is 29.3. The molecule has 0 radical (unpaired) electrons. The van der Waals surface area contributed by atoms with Crippen LogP contribution < -0.4 is 4.74 Å². The number of phenols is 1. The van der Waals surface area contributed by atoms with Crippen molar-refractivity contribution < 1.29 is 19.4 Å². The second-order valence-electron chi connectivity index (χ2n) is 7.58. The highest BCUT2D eigenvalue weighted by molar-refractivity contribution is 6.18. The lowest BCUT2D eigenvalue weighted by Gasteiger charge is -2.51. The Labute approximate surface area is 142 Å². The maximum Gasteiger partial charge on any atom is 0.203 e. The van der Waals surface area contributed by atoms with Crippen molar-refractivity contribution in [1.82, 2.24) is 0 Å². The van der Waals surface area contributed by atoms with Crippen molar-refractivity contribution in [3.05, 3.63) is 33.4 Å². The molecule has 4 nitrogen and oxygen atoms in total. The molecule has 24 heavy (non-hydrogen) atoms. The van der Waals surface area contributed by atoms with Crippen LogP contribution in [0, 0.1) is 26.2 Å². The van der Waals surface area contributed by atoms with Crippen molar-refractivity contribution in [1.29, 1.82) is 0 Å². The molecule has 0 fully saturated rings. The molecule has 4 heteroatoms. The van der Waals surface area contributed by atoms with E-state index in [9.17, 15) is 14.7 Å². The molecule has 1 aromatic rings. The lowest BCUT2D eigenvalue weighted by molar-refractivity contribution is -0.156. The lowest BCUT2D eigenvalue weighted by atomic mass is 9.58. The van der Waals surface area contributed by atoms with Gasteiger partial charge in [0, 0.05) is 11.1 Å². The van der Waals surface area contributed by atoms with Crippen LogP contribution in [0.5, 0.6) is 11.5 Å². The zero-order valence-electron chi connectivity index (χ0n) is 15.4. The Bertz CT molecular complexity index is 777.